The van der Waals surface area contributed by atoms with E-state index in [0.717, 1.165) is 23.6 Å². The van der Waals surface area contributed by atoms with Gasteiger partial charge in [-0.1, -0.05) is 36.7 Å². The summed E-state index contributed by atoms with van der Waals surface area (Å²) >= 11 is 6.25. The van der Waals surface area contributed by atoms with Crippen molar-refractivity contribution in [1.82, 2.24) is 9.88 Å². The van der Waals surface area contributed by atoms with Crippen molar-refractivity contribution in [3.63, 3.8) is 0 Å². The van der Waals surface area contributed by atoms with Crippen LogP contribution in [0.5, 0.6) is 0 Å². The van der Waals surface area contributed by atoms with Gasteiger partial charge < -0.3 is 9.32 Å². The van der Waals surface area contributed by atoms with E-state index < -0.39 is 0 Å². The first-order valence-corrected chi connectivity index (χ1v) is 7.54. The summed E-state index contributed by atoms with van der Waals surface area (Å²) < 4.78 is 5.25. The molecule has 0 spiro atoms. The minimum Gasteiger partial charge on any atom is -0.448 e. The van der Waals surface area contributed by atoms with E-state index in [-0.39, 0.29) is 5.91 Å². The van der Waals surface area contributed by atoms with Crippen molar-refractivity contribution in [3.8, 4) is 0 Å². The van der Waals surface area contributed by atoms with Gasteiger partial charge in [-0.2, -0.15) is 0 Å². The van der Waals surface area contributed by atoms with Gasteiger partial charge in [0.15, 0.2) is 12.1 Å². The van der Waals surface area contributed by atoms with Crippen LogP contribution in [0.15, 0.2) is 35.1 Å². The summed E-state index contributed by atoms with van der Waals surface area (Å²) in [5.41, 5.74) is 1.56. The fourth-order valence-electron chi connectivity index (χ4n) is 2.85. The largest absolute Gasteiger partial charge is 0.448 e. The Morgan fingerprint density at radius 2 is 2.29 bits per heavy atom. The fraction of sp³-hybridized carbons (Fsp3) is 0.375. The summed E-state index contributed by atoms with van der Waals surface area (Å²) in [5, 5.41) is 0.771. The molecule has 0 unspecified atom stereocenters. The van der Waals surface area contributed by atoms with E-state index >= 15 is 0 Å². The number of oxazole rings is 1. The third-order valence-electron chi connectivity index (χ3n) is 3.99. The minimum atomic E-state index is -0.0462. The Morgan fingerprint density at radius 3 is 3.05 bits per heavy atom. The van der Waals surface area contributed by atoms with Gasteiger partial charge in [0.25, 0.3) is 5.91 Å². The summed E-state index contributed by atoms with van der Waals surface area (Å²) in [6.07, 6.45) is 2.94. The van der Waals surface area contributed by atoms with Gasteiger partial charge in [0.1, 0.15) is 5.76 Å². The number of amides is 1. The zero-order valence-corrected chi connectivity index (χ0v) is 12.6. The normalized spacial score (nSPS) is 18.2. The van der Waals surface area contributed by atoms with Crippen molar-refractivity contribution < 1.29 is 9.21 Å². The lowest BCUT2D eigenvalue weighted by atomic mass is 9.98. The maximum atomic E-state index is 12.5. The average Bonchev–Trinajstić information content (AvgIpc) is 3.16. The van der Waals surface area contributed by atoms with Gasteiger partial charge in [0.2, 0.25) is 0 Å². The van der Waals surface area contributed by atoms with Crippen molar-refractivity contribution in [2.24, 2.45) is 0 Å². The third kappa shape index (κ3) is 2.68. The van der Waals surface area contributed by atoms with Crippen molar-refractivity contribution in [2.45, 2.75) is 25.7 Å². The summed E-state index contributed by atoms with van der Waals surface area (Å²) in [5.74, 6) is 0.899. The molecule has 0 saturated carbocycles. The Labute approximate surface area is 128 Å². The average molecular weight is 305 g/mol. The molecule has 1 atom stereocenters. The van der Waals surface area contributed by atoms with Crippen LogP contribution in [-0.2, 0) is 6.42 Å². The number of nitrogens with zero attached hydrogens (tertiary/aromatic N) is 2. The van der Waals surface area contributed by atoms with E-state index in [1.165, 1.54) is 6.39 Å². The van der Waals surface area contributed by atoms with Gasteiger partial charge in [0.05, 0.1) is 0 Å². The number of likely N-dealkylation sites (tertiary alicyclic amines) is 1. The number of benzene rings is 1. The van der Waals surface area contributed by atoms with E-state index in [4.69, 9.17) is 16.0 Å². The van der Waals surface area contributed by atoms with Crippen LogP contribution in [0.2, 0.25) is 5.02 Å². The zero-order chi connectivity index (χ0) is 14.8. The lowest BCUT2D eigenvalue weighted by Crippen LogP contribution is -2.29. The molecule has 0 radical (unpaired) electrons. The van der Waals surface area contributed by atoms with Crippen molar-refractivity contribution in [1.29, 1.82) is 0 Å². The van der Waals surface area contributed by atoms with Gasteiger partial charge in [-0.3, -0.25) is 4.79 Å². The van der Waals surface area contributed by atoms with Crippen LogP contribution in [0.1, 0.15) is 41.1 Å². The summed E-state index contributed by atoms with van der Waals surface area (Å²) in [6.45, 7) is 3.36. The van der Waals surface area contributed by atoms with Gasteiger partial charge in [-0.15, -0.1) is 0 Å². The molecule has 2 aromatic rings. The minimum absolute atomic E-state index is 0.0462. The second-order valence-corrected chi connectivity index (χ2v) is 5.64. The summed E-state index contributed by atoms with van der Waals surface area (Å²) in [6, 6.07) is 7.84. The Kier molecular flexibility index (Phi) is 3.97. The molecule has 5 heteroatoms. The molecule has 1 aromatic heterocycles. The molecule has 0 N–H and O–H groups in total. The number of hydrogen-bond acceptors (Lipinski definition) is 3. The molecule has 110 valence electrons. The van der Waals surface area contributed by atoms with Crippen LogP contribution >= 0.6 is 11.6 Å². The Morgan fingerprint density at radius 1 is 1.48 bits per heavy atom. The maximum Gasteiger partial charge on any atom is 0.276 e. The summed E-state index contributed by atoms with van der Waals surface area (Å²) in [4.78, 5) is 18.4. The highest BCUT2D eigenvalue weighted by Gasteiger charge is 2.31. The molecule has 0 aliphatic carbocycles. The molecule has 21 heavy (non-hydrogen) atoms. The molecule has 4 nitrogen and oxygen atoms in total. The molecule has 1 aliphatic rings. The first kappa shape index (κ1) is 14.1. The molecule has 1 aliphatic heterocycles. The molecule has 0 bridgehead atoms. The van der Waals surface area contributed by atoms with Gasteiger partial charge >= 0.3 is 0 Å². The third-order valence-corrected chi connectivity index (χ3v) is 4.33. The SMILES string of the molecule is CCc1ocnc1C(=O)N1CC[C@@H](c2ccccc2Cl)C1. The second-order valence-electron chi connectivity index (χ2n) is 5.24. The van der Waals surface area contributed by atoms with Crippen molar-refractivity contribution in [3.05, 3.63) is 52.7 Å². The maximum absolute atomic E-state index is 12.5. The van der Waals surface area contributed by atoms with Crippen LogP contribution in [0.4, 0.5) is 0 Å². The first-order chi connectivity index (χ1) is 10.2. The van der Waals surface area contributed by atoms with E-state index in [9.17, 15) is 4.79 Å². The van der Waals surface area contributed by atoms with Gasteiger partial charge in [-0.25, -0.2) is 4.98 Å². The standard InChI is InChI=1S/C16H17ClN2O2/c1-2-14-15(18-10-21-14)16(20)19-8-7-11(9-19)12-5-3-4-6-13(12)17/h3-6,10-11H,2,7-9H2,1H3/t11-/m1/s1. The van der Waals surface area contributed by atoms with Gasteiger partial charge in [-0.05, 0) is 18.1 Å². The molecule has 1 amide bonds. The quantitative estimate of drug-likeness (QED) is 0.871. The molecule has 2 heterocycles. The van der Waals surface area contributed by atoms with Crippen LogP contribution in [0, 0.1) is 0 Å². The van der Waals surface area contributed by atoms with Crippen LogP contribution in [0.3, 0.4) is 0 Å². The number of aryl methyl sites for hydroxylation is 1. The topological polar surface area (TPSA) is 46.3 Å². The van der Waals surface area contributed by atoms with Crippen LogP contribution < -0.4 is 0 Å². The van der Waals surface area contributed by atoms with Crippen molar-refractivity contribution in [2.75, 3.05) is 13.1 Å². The highest BCUT2D eigenvalue weighted by molar-refractivity contribution is 6.31. The Balaban J connectivity index is 1.76. The van der Waals surface area contributed by atoms with E-state index in [2.05, 4.69) is 4.98 Å². The number of carbonyl (C=O) groups excluding carboxylic acids is 1. The lowest BCUT2D eigenvalue weighted by molar-refractivity contribution is 0.0783. The predicted molar refractivity (Wildman–Crippen MR) is 80.6 cm³/mol. The van der Waals surface area contributed by atoms with Crippen molar-refractivity contribution >= 4 is 17.5 Å². The van der Waals surface area contributed by atoms with Crippen LogP contribution in [-0.4, -0.2) is 28.9 Å². The Hall–Kier alpha value is -1.81. The number of rotatable bonds is 3. The molecule has 1 aromatic carbocycles. The number of aromatic nitrogens is 1. The smallest absolute Gasteiger partial charge is 0.276 e. The molecule has 3 rings (SSSR count). The first-order valence-electron chi connectivity index (χ1n) is 7.16. The number of halogens is 1. The van der Waals surface area contributed by atoms with E-state index in [1.54, 1.807) is 0 Å². The summed E-state index contributed by atoms with van der Waals surface area (Å²) in [7, 11) is 0. The molecular formula is C16H17ClN2O2. The highest BCUT2D eigenvalue weighted by atomic mass is 35.5. The highest BCUT2D eigenvalue weighted by Crippen LogP contribution is 2.32. The predicted octanol–water partition coefficient (Wildman–Crippen LogP) is 3.52. The lowest BCUT2D eigenvalue weighted by Gasteiger charge is -2.16. The van der Waals surface area contributed by atoms with E-state index in [1.807, 2.05) is 36.1 Å². The fourth-order valence-corrected chi connectivity index (χ4v) is 3.14. The van der Waals surface area contributed by atoms with Gasteiger partial charge in [0, 0.05) is 30.5 Å². The van der Waals surface area contributed by atoms with E-state index in [0.29, 0.717) is 30.3 Å². The molecular weight excluding hydrogens is 288 g/mol. The molecule has 1 saturated heterocycles. The Bertz CT molecular complexity index is 653. The zero-order valence-electron chi connectivity index (χ0n) is 11.9. The van der Waals surface area contributed by atoms with Crippen LogP contribution in [0.25, 0.3) is 0 Å². The monoisotopic (exact) mass is 304 g/mol. The number of carbonyl (C=O) groups is 1. The second kappa shape index (κ2) is 5.90. The number of hydrogen-bond donors (Lipinski definition) is 0. The molecule has 1 fully saturated rings.